The number of carbonyl (C=O) groups is 1. The maximum absolute atomic E-state index is 12.1. The zero-order valence-corrected chi connectivity index (χ0v) is 13.1. The number of hydrogen-bond acceptors (Lipinski definition) is 2. The molecule has 2 rings (SSSR count). The van der Waals surface area contributed by atoms with Crippen LogP contribution in [0.25, 0.3) is 0 Å². The van der Waals surface area contributed by atoms with Crippen molar-refractivity contribution in [2.75, 3.05) is 0 Å². The van der Waals surface area contributed by atoms with Crippen molar-refractivity contribution in [2.24, 2.45) is 0 Å². The number of nitrogens with one attached hydrogen (secondary N) is 1. The van der Waals surface area contributed by atoms with Gasteiger partial charge in [0.1, 0.15) is 0 Å². The fourth-order valence-electron chi connectivity index (χ4n) is 2.13. The molecule has 0 bridgehead atoms. The van der Waals surface area contributed by atoms with Gasteiger partial charge < -0.3 is 5.32 Å². The second-order valence-electron chi connectivity index (χ2n) is 5.09. The number of rotatable bonds is 6. The molecule has 3 heteroatoms. The minimum Gasteiger partial charge on any atom is -0.351 e. The van der Waals surface area contributed by atoms with E-state index in [4.69, 9.17) is 0 Å². The molecule has 1 atom stereocenters. The molecule has 110 valence electrons. The van der Waals surface area contributed by atoms with E-state index in [2.05, 4.69) is 49.1 Å². The monoisotopic (exact) mass is 299 g/mol. The molecule has 0 saturated heterocycles. The lowest BCUT2D eigenvalue weighted by atomic mass is 10.1. The predicted octanol–water partition coefficient (Wildman–Crippen LogP) is 3.41. The fourth-order valence-corrected chi connectivity index (χ4v) is 2.43. The molecule has 0 fully saturated rings. The highest BCUT2D eigenvalue weighted by molar-refractivity contribution is 7.81. The minimum atomic E-state index is -0.317. The number of thiol groups is 1. The van der Waals surface area contributed by atoms with E-state index in [1.165, 1.54) is 5.56 Å². The third kappa shape index (κ3) is 4.94. The van der Waals surface area contributed by atoms with Crippen molar-refractivity contribution in [1.29, 1.82) is 0 Å². The summed E-state index contributed by atoms with van der Waals surface area (Å²) in [5, 5.41) is 2.62. The van der Waals surface area contributed by atoms with E-state index in [0.29, 0.717) is 13.0 Å². The summed E-state index contributed by atoms with van der Waals surface area (Å²) in [6, 6.07) is 18.3. The van der Waals surface area contributed by atoms with Crippen molar-refractivity contribution in [1.82, 2.24) is 5.32 Å². The largest absolute Gasteiger partial charge is 0.351 e. The normalized spacial score (nSPS) is 11.9. The van der Waals surface area contributed by atoms with Gasteiger partial charge in [-0.2, -0.15) is 12.6 Å². The first-order valence-corrected chi connectivity index (χ1v) is 7.78. The molecule has 2 aromatic rings. The zero-order chi connectivity index (χ0) is 15.1. The average Bonchev–Trinajstić information content (AvgIpc) is 2.54. The van der Waals surface area contributed by atoms with Crippen LogP contribution in [0.5, 0.6) is 0 Å². The second-order valence-corrected chi connectivity index (χ2v) is 5.72. The summed E-state index contributed by atoms with van der Waals surface area (Å²) in [6.07, 6.45) is 1.67. The predicted molar refractivity (Wildman–Crippen MR) is 90.6 cm³/mol. The summed E-state index contributed by atoms with van der Waals surface area (Å²) < 4.78 is 0. The number of benzene rings is 2. The Hall–Kier alpha value is -1.74. The Bertz CT molecular complexity index is 566. The molecule has 0 aromatic heterocycles. The molecule has 2 nitrogen and oxygen atoms in total. The standard InChI is InChI=1S/C18H21NOS/c1-2-14-8-10-16(11-9-14)13-19-18(20)17(21)12-15-6-4-3-5-7-15/h3-11,17,21H,2,12-13H2,1H3,(H,19,20). The lowest BCUT2D eigenvalue weighted by molar-refractivity contribution is -0.120. The average molecular weight is 299 g/mol. The van der Waals surface area contributed by atoms with Crippen molar-refractivity contribution < 1.29 is 4.79 Å². The van der Waals surface area contributed by atoms with Gasteiger partial charge >= 0.3 is 0 Å². The molecular formula is C18H21NOS. The van der Waals surface area contributed by atoms with Gasteiger partial charge in [0, 0.05) is 6.54 Å². The molecule has 0 aliphatic rings. The highest BCUT2D eigenvalue weighted by atomic mass is 32.1. The fraction of sp³-hybridized carbons (Fsp3) is 0.278. The van der Waals surface area contributed by atoms with Gasteiger partial charge in [-0.25, -0.2) is 0 Å². The van der Waals surface area contributed by atoms with E-state index >= 15 is 0 Å². The molecule has 0 radical (unpaired) electrons. The van der Waals surface area contributed by atoms with Gasteiger partial charge in [-0.05, 0) is 29.5 Å². The molecule has 0 spiro atoms. The quantitative estimate of drug-likeness (QED) is 0.786. The molecule has 1 N–H and O–H groups in total. The first kappa shape index (κ1) is 15.6. The van der Waals surface area contributed by atoms with Crippen molar-refractivity contribution >= 4 is 18.5 Å². The Kier molecular flexibility index (Phi) is 5.88. The van der Waals surface area contributed by atoms with E-state index in [-0.39, 0.29) is 11.2 Å². The third-order valence-corrected chi connectivity index (χ3v) is 3.89. The minimum absolute atomic E-state index is 0.0262. The summed E-state index contributed by atoms with van der Waals surface area (Å²) >= 11 is 4.40. The van der Waals surface area contributed by atoms with E-state index < -0.39 is 0 Å². The first-order chi connectivity index (χ1) is 10.2. The lowest BCUT2D eigenvalue weighted by Gasteiger charge is -2.12. The van der Waals surface area contributed by atoms with E-state index in [1.54, 1.807) is 0 Å². The Morgan fingerprint density at radius 3 is 2.24 bits per heavy atom. The van der Waals surface area contributed by atoms with Crippen molar-refractivity contribution in [2.45, 2.75) is 31.6 Å². The Labute approximate surface area is 132 Å². The van der Waals surface area contributed by atoms with Crippen molar-refractivity contribution in [3.63, 3.8) is 0 Å². The van der Waals surface area contributed by atoms with Crippen LogP contribution < -0.4 is 5.32 Å². The number of amides is 1. The summed E-state index contributed by atoms with van der Waals surface area (Å²) in [5.74, 6) is -0.0262. The Balaban J connectivity index is 1.83. The molecule has 0 heterocycles. The SMILES string of the molecule is CCc1ccc(CNC(=O)C(S)Cc2ccccc2)cc1. The van der Waals surface area contributed by atoms with E-state index in [9.17, 15) is 4.79 Å². The molecule has 1 unspecified atom stereocenters. The van der Waals surface area contributed by atoms with Crippen LogP contribution in [-0.4, -0.2) is 11.2 Å². The topological polar surface area (TPSA) is 29.1 Å². The van der Waals surface area contributed by atoms with E-state index in [1.807, 2.05) is 30.3 Å². The Morgan fingerprint density at radius 2 is 1.62 bits per heavy atom. The van der Waals surface area contributed by atoms with Crippen molar-refractivity contribution in [3.05, 3.63) is 71.3 Å². The highest BCUT2D eigenvalue weighted by Crippen LogP contribution is 2.09. The Morgan fingerprint density at radius 1 is 1.00 bits per heavy atom. The molecule has 0 aliphatic heterocycles. The number of carbonyl (C=O) groups excluding carboxylic acids is 1. The van der Waals surface area contributed by atoms with Crippen LogP contribution in [0.2, 0.25) is 0 Å². The lowest BCUT2D eigenvalue weighted by Crippen LogP contribution is -2.32. The molecule has 0 aliphatic carbocycles. The molecule has 21 heavy (non-hydrogen) atoms. The van der Waals surface area contributed by atoms with Gasteiger partial charge in [0.2, 0.25) is 5.91 Å². The zero-order valence-electron chi connectivity index (χ0n) is 12.3. The molecule has 0 saturated carbocycles. The van der Waals surface area contributed by atoms with Gasteiger partial charge in [-0.1, -0.05) is 61.5 Å². The van der Waals surface area contributed by atoms with Gasteiger partial charge in [0.25, 0.3) is 0 Å². The maximum atomic E-state index is 12.1. The van der Waals surface area contributed by atoms with E-state index in [0.717, 1.165) is 17.5 Å². The van der Waals surface area contributed by atoms with Gasteiger partial charge in [0.05, 0.1) is 5.25 Å². The summed E-state index contributed by atoms with van der Waals surface area (Å²) in [6.45, 7) is 2.68. The number of hydrogen-bond donors (Lipinski definition) is 2. The summed E-state index contributed by atoms with van der Waals surface area (Å²) in [5.41, 5.74) is 3.54. The van der Waals surface area contributed by atoms with Crippen LogP contribution in [0, 0.1) is 0 Å². The molecular weight excluding hydrogens is 278 g/mol. The van der Waals surface area contributed by atoms with Gasteiger partial charge in [-0.15, -0.1) is 0 Å². The third-order valence-electron chi connectivity index (χ3n) is 3.47. The van der Waals surface area contributed by atoms with Crippen LogP contribution in [0.4, 0.5) is 0 Å². The second kappa shape index (κ2) is 7.89. The van der Waals surface area contributed by atoms with Crippen LogP contribution >= 0.6 is 12.6 Å². The van der Waals surface area contributed by atoms with Crippen LogP contribution in [0.15, 0.2) is 54.6 Å². The van der Waals surface area contributed by atoms with Gasteiger partial charge in [0.15, 0.2) is 0 Å². The summed E-state index contributed by atoms with van der Waals surface area (Å²) in [4.78, 5) is 12.1. The maximum Gasteiger partial charge on any atom is 0.233 e. The van der Waals surface area contributed by atoms with Crippen LogP contribution in [0.1, 0.15) is 23.6 Å². The molecule has 1 amide bonds. The number of aryl methyl sites for hydroxylation is 1. The summed E-state index contributed by atoms with van der Waals surface area (Å²) in [7, 11) is 0. The smallest absolute Gasteiger partial charge is 0.233 e. The van der Waals surface area contributed by atoms with Crippen LogP contribution in [-0.2, 0) is 24.2 Å². The molecule has 2 aromatic carbocycles. The van der Waals surface area contributed by atoms with Crippen LogP contribution in [0.3, 0.4) is 0 Å². The van der Waals surface area contributed by atoms with Crippen molar-refractivity contribution in [3.8, 4) is 0 Å². The van der Waals surface area contributed by atoms with Gasteiger partial charge in [-0.3, -0.25) is 4.79 Å². The highest BCUT2D eigenvalue weighted by Gasteiger charge is 2.13. The first-order valence-electron chi connectivity index (χ1n) is 7.26.